The molecule has 3 rings (SSSR count). The van der Waals surface area contributed by atoms with E-state index < -0.39 is 12.1 Å². The maximum atomic E-state index is 12.0. The van der Waals surface area contributed by atoms with E-state index in [0.717, 1.165) is 12.8 Å². The van der Waals surface area contributed by atoms with E-state index in [-0.39, 0.29) is 17.9 Å². The number of nitrogens with one attached hydrogen (secondary N) is 2. The van der Waals surface area contributed by atoms with E-state index in [1.807, 2.05) is 18.2 Å². The standard InChI is InChI=1S/C20H25N3O3/c1-23(15-7-3-2-4-8-15)16-11-14(12-16)21-13-19(25)22-20(26)17-9-5-6-10-18(17)24/h2-10,14,16,19,21,24-25H,11-13H2,1H3,(H,22,26). The Morgan fingerprint density at radius 2 is 1.81 bits per heavy atom. The van der Waals surface area contributed by atoms with Crippen LogP contribution in [0.3, 0.4) is 0 Å². The summed E-state index contributed by atoms with van der Waals surface area (Å²) in [6, 6.07) is 17.3. The summed E-state index contributed by atoms with van der Waals surface area (Å²) in [5.41, 5.74) is 1.35. The number of hydrogen-bond acceptors (Lipinski definition) is 5. The van der Waals surface area contributed by atoms with Gasteiger partial charge in [-0.15, -0.1) is 0 Å². The number of amides is 1. The average Bonchev–Trinajstić information content (AvgIpc) is 2.61. The van der Waals surface area contributed by atoms with Crippen LogP contribution >= 0.6 is 0 Å². The maximum Gasteiger partial charge on any atom is 0.257 e. The predicted octanol–water partition coefficient (Wildman–Crippen LogP) is 1.70. The van der Waals surface area contributed by atoms with E-state index in [2.05, 4.69) is 34.7 Å². The van der Waals surface area contributed by atoms with Gasteiger partial charge in [0.1, 0.15) is 12.0 Å². The zero-order chi connectivity index (χ0) is 18.5. The fourth-order valence-electron chi connectivity index (χ4n) is 3.17. The third-order valence-corrected chi connectivity index (χ3v) is 4.87. The molecule has 0 spiro atoms. The third kappa shape index (κ3) is 4.33. The van der Waals surface area contributed by atoms with Gasteiger partial charge in [-0.2, -0.15) is 0 Å². The first kappa shape index (κ1) is 18.2. The fourth-order valence-corrected chi connectivity index (χ4v) is 3.17. The zero-order valence-corrected chi connectivity index (χ0v) is 14.8. The largest absolute Gasteiger partial charge is 0.507 e. The highest BCUT2D eigenvalue weighted by Crippen LogP contribution is 2.28. The van der Waals surface area contributed by atoms with Crippen molar-refractivity contribution >= 4 is 11.6 Å². The van der Waals surface area contributed by atoms with Gasteiger partial charge in [-0.05, 0) is 37.1 Å². The van der Waals surface area contributed by atoms with Crippen molar-refractivity contribution in [2.75, 3.05) is 18.5 Å². The summed E-state index contributed by atoms with van der Waals surface area (Å²) in [6.45, 7) is 0.270. The van der Waals surface area contributed by atoms with Crippen LogP contribution in [0.5, 0.6) is 5.75 Å². The molecule has 0 radical (unpaired) electrons. The van der Waals surface area contributed by atoms with Crippen molar-refractivity contribution in [3.05, 3.63) is 60.2 Å². The monoisotopic (exact) mass is 355 g/mol. The lowest BCUT2D eigenvalue weighted by Crippen LogP contribution is -2.54. The van der Waals surface area contributed by atoms with Crippen molar-refractivity contribution in [3.63, 3.8) is 0 Å². The molecule has 6 heteroatoms. The molecule has 0 aliphatic heterocycles. The van der Waals surface area contributed by atoms with E-state index in [0.29, 0.717) is 12.1 Å². The molecule has 26 heavy (non-hydrogen) atoms. The van der Waals surface area contributed by atoms with Crippen molar-refractivity contribution in [3.8, 4) is 5.75 Å². The number of aromatic hydroxyl groups is 1. The summed E-state index contributed by atoms with van der Waals surface area (Å²) in [5.74, 6) is -0.594. The highest BCUT2D eigenvalue weighted by atomic mass is 16.3. The summed E-state index contributed by atoms with van der Waals surface area (Å²) < 4.78 is 0. The van der Waals surface area contributed by atoms with E-state index in [9.17, 15) is 15.0 Å². The van der Waals surface area contributed by atoms with Gasteiger partial charge in [0, 0.05) is 31.4 Å². The highest BCUT2D eigenvalue weighted by Gasteiger charge is 2.32. The Hall–Kier alpha value is -2.57. The van der Waals surface area contributed by atoms with Gasteiger partial charge in [0.25, 0.3) is 5.91 Å². The van der Waals surface area contributed by atoms with Gasteiger partial charge >= 0.3 is 0 Å². The van der Waals surface area contributed by atoms with Crippen molar-refractivity contribution < 1.29 is 15.0 Å². The number of hydrogen-bond donors (Lipinski definition) is 4. The number of benzene rings is 2. The second kappa shape index (κ2) is 8.21. The number of aliphatic hydroxyl groups is 1. The minimum absolute atomic E-state index is 0.101. The molecule has 0 heterocycles. The number of aliphatic hydroxyl groups excluding tert-OH is 1. The second-order valence-corrected chi connectivity index (χ2v) is 6.68. The third-order valence-electron chi connectivity index (χ3n) is 4.87. The molecular weight excluding hydrogens is 330 g/mol. The molecule has 4 N–H and O–H groups in total. The molecule has 1 aliphatic carbocycles. The van der Waals surface area contributed by atoms with Gasteiger partial charge in [0.2, 0.25) is 0 Å². The number of phenols is 1. The fraction of sp³-hybridized carbons (Fsp3) is 0.350. The molecule has 6 nitrogen and oxygen atoms in total. The van der Waals surface area contributed by atoms with Crippen molar-refractivity contribution in [1.82, 2.24) is 10.6 Å². The van der Waals surface area contributed by atoms with Crippen molar-refractivity contribution in [2.24, 2.45) is 0 Å². The van der Waals surface area contributed by atoms with Crippen LogP contribution in [0.15, 0.2) is 54.6 Å². The molecule has 1 atom stereocenters. The van der Waals surface area contributed by atoms with Crippen LogP contribution in [0.1, 0.15) is 23.2 Å². The molecular formula is C20H25N3O3. The number of rotatable bonds is 7. The summed E-state index contributed by atoms with van der Waals surface area (Å²) in [4.78, 5) is 14.3. The second-order valence-electron chi connectivity index (χ2n) is 6.68. The van der Waals surface area contributed by atoms with Crippen molar-refractivity contribution in [1.29, 1.82) is 0 Å². The minimum Gasteiger partial charge on any atom is -0.507 e. The average molecular weight is 355 g/mol. The van der Waals surface area contributed by atoms with Crippen LogP contribution < -0.4 is 15.5 Å². The molecule has 1 fully saturated rings. The Kier molecular flexibility index (Phi) is 5.75. The number of phenolic OH excluding ortho intramolecular Hbond substituents is 1. The van der Waals surface area contributed by atoms with Crippen LogP contribution in [0.4, 0.5) is 5.69 Å². The first-order valence-electron chi connectivity index (χ1n) is 8.83. The lowest BCUT2D eigenvalue weighted by atomic mass is 9.85. The Bertz CT molecular complexity index is 732. The quantitative estimate of drug-likeness (QED) is 0.568. The number of nitrogens with zero attached hydrogens (tertiary/aromatic N) is 1. The number of carbonyl (C=O) groups excluding carboxylic acids is 1. The first-order valence-corrected chi connectivity index (χ1v) is 8.83. The number of anilines is 1. The first-order chi connectivity index (χ1) is 12.5. The number of carbonyl (C=O) groups is 1. The number of para-hydroxylation sites is 2. The molecule has 0 saturated heterocycles. The van der Waals surface area contributed by atoms with Gasteiger partial charge in [0.15, 0.2) is 0 Å². The van der Waals surface area contributed by atoms with Crippen molar-refractivity contribution in [2.45, 2.75) is 31.2 Å². The smallest absolute Gasteiger partial charge is 0.257 e. The molecule has 138 valence electrons. The van der Waals surface area contributed by atoms with E-state index >= 15 is 0 Å². The Balaban J connectivity index is 1.39. The molecule has 1 amide bonds. The highest BCUT2D eigenvalue weighted by molar-refractivity contribution is 5.96. The Morgan fingerprint density at radius 1 is 1.15 bits per heavy atom. The van der Waals surface area contributed by atoms with E-state index in [1.165, 1.54) is 17.8 Å². The molecule has 1 aliphatic rings. The minimum atomic E-state index is -1.01. The molecule has 0 aromatic heterocycles. The molecule has 0 bridgehead atoms. The Labute approximate surface area is 153 Å². The SMILES string of the molecule is CN(c1ccccc1)C1CC(NCC(O)NC(=O)c2ccccc2O)C1. The lowest BCUT2D eigenvalue weighted by Gasteiger charge is -2.43. The zero-order valence-electron chi connectivity index (χ0n) is 14.8. The van der Waals surface area contributed by atoms with Crippen LogP contribution in [-0.2, 0) is 0 Å². The normalized spacial score (nSPS) is 20.1. The summed E-state index contributed by atoms with van der Waals surface area (Å²) >= 11 is 0. The summed E-state index contributed by atoms with van der Waals surface area (Å²) in [5, 5.41) is 25.4. The molecule has 1 unspecified atom stereocenters. The van der Waals surface area contributed by atoms with Gasteiger partial charge in [-0.1, -0.05) is 30.3 Å². The van der Waals surface area contributed by atoms with Gasteiger partial charge in [0.05, 0.1) is 5.56 Å². The van der Waals surface area contributed by atoms with Gasteiger partial charge < -0.3 is 25.7 Å². The lowest BCUT2D eigenvalue weighted by molar-refractivity contribution is 0.0761. The van der Waals surface area contributed by atoms with Crippen LogP contribution in [-0.4, -0.2) is 48.0 Å². The van der Waals surface area contributed by atoms with Gasteiger partial charge in [-0.25, -0.2) is 0 Å². The van der Waals surface area contributed by atoms with Crippen LogP contribution in [0.2, 0.25) is 0 Å². The molecule has 2 aromatic rings. The summed E-state index contributed by atoms with van der Waals surface area (Å²) in [7, 11) is 2.09. The Morgan fingerprint density at radius 3 is 2.50 bits per heavy atom. The molecule has 2 aromatic carbocycles. The summed E-state index contributed by atoms with van der Waals surface area (Å²) in [6.07, 6.45) is 0.977. The topological polar surface area (TPSA) is 84.8 Å². The van der Waals surface area contributed by atoms with Crippen LogP contribution in [0.25, 0.3) is 0 Å². The predicted molar refractivity (Wildman–Crippen MR) is 101 cm³/mol. The van der Waals surface area contributed by atoms with E-state index in [4.69, 9.17) is 0 Å². The molecule has 1 saturated carbocycles. The van der Waals surface area contributed by atoms with E-state index in [1.54, 1.807) is 12.1 Å². The maximum absolute atomic E-state index is 12.0. The van der Waals surface area contributed by atoms with Gasteiger partial charge in [-0.3, -0.25) is 4.79 Å². The van der Waals surface area contributed by atoms with Crippen LogP contribution in [0, 0.1) is 0 Å².